The Morgan fingerprint density at radius 2 is 1.88 bits per heavy atom. The van der Waals surface area contributed by atoms with Crippen molar-refractivity contribution in [2.45, 2.75) is 13.0 Å². The second kappa shape index (κ2) is 8.20. The number of rotatable bonds is 5. The minimum absolute atomic E-state index is 0.123. The number of benzene rings is 2. The van der Waals surface area contributed by atoms with Crippen molar-refractivity contribution < 1.29 is 9.53 Å². The van der Waals surface area contributed by atoms with Crippen molar-refractivity contribution in [3.63, 3.8) is 0 Å². The van der Waals surface area contributed by atoms with E-state index in [4.69, 9.17) is 4.74 Å². The third kappa shape index (κ3) is 3.81. The summed E-state index contributed by atoms with van der Waals surface area (Å²) in [5, 5.41) is 2.27. The van der Waals surface area contributed by atoms with Crippen LogP contribution in [0.4, 0.5) is 0 Å². The number of aromatic nitrogens is 4. The van der Waals surface area contributed by atoms with Gasteiger partial charge in [-0.3, -0.25) is 14.0 Å². The molecule has 0 fully saturated rings. The van der Waals surface area contributed by atoms with Gasteiger partial charge in [-0.1, -0.05) is 30.3 Å². The van der Waals surface area contributed by atoms with Crippen molar-refractivity contribution in [2.75, 3.05) is 0 Å². The first-order chi connectivity index (χ1) is 15.6. The average Bonchev–Trinajstić information content (AvgIpc) is 3.27. The van der Waals surface area contributed by atoms with E-state index < -0.39 is 5.97 Å². The number of carbonyl (C=O) groups is 1. The maximum Gasteiger partial charge on any atom is 0.338 e. The molecular weight excluding hydrogens is 428 g/mol. The van der Waals surface area contributed by atoms with Crippen LogP contribution in [-0.2, 0) is 17.8 Å². The van der Waals surface area contributed by atoms with Crippen LogP contribution in [0.2, 0.25) is 0 Å². The Bertz CT molecular complexity index is 1580. The Hall–Kier alpha value is -4.11. The van der Waals surface area contributed by atoms with Crippen molar-refractivity contribution >= 4 is 33.2 Å². The summed E-state index contributed by atoms with van der Waals surface area (Å²) in [5.74, 6) is -0.0938. The zero-order valence-electron chi connectivity index (χ0n) is 16.6. The quantitative estimate of drug-likeness (QED) is 0.418. The van der Waals surface area contributed by atoms with Gasteiger partial charge < -0.3 is 9.72 Å². The second-order valence-corrected chi connectivity index (χ2v) is 7.95. The molecule has 5 rings (SSSR count). The summed E-state index contributed by atoms with van der Waals surface area (Å²) in [7, 11) is 0. The number of carbonyl (C=O) groups excluding carboxylic acids is 1. The van der Waals surface area contributed by atoms with Gasteiger partial charge in [0.25, 0.3) is 11.1 Å². The fourth-order valence-corrected chi connectivity index (χ4v) is 4.19. The molecule has 1 N–H and O–H groups in total. The number of H-pyrrole nitrogens is 1. The molecule has 0 aliphatic rings. The predicted octanol–water partition coefficient (Wildman–Crippen LogP) is 2.94. The summed E-state index contributed by atoms with van der Waals surface area (Å²) in [6, 6.07) is 15.4. The van der Waals surface area contributed by atoms with E-state index in [0.717, 1.165) is 0 Å². The van der Waals surface area contributed by atoms with Gasteiger partial charge in [0.1, 0.15) is 12.4 Å². The Balaban J connectivity index is 1.38. The highest BCUT2D eigenvalue weighted by molar-refractivity contribution is 7.15. The van der Waals surface area contributed by atoms with Crippen LogP contribution in [-0.4, -0.2) is 25.3 Å². The summed E-state index contributed by atoms with van der Waals surface area (Å²) < 4.78 is 6.86. The summed E-state index contributed by atoms with van der Waals surface area (Å²) >= 11 is 1.33. The van der Waals surface area contributed by atoms with E-state index in [-0.39, 0.29) is 24.1 Å². The van der Waals surface area contributed by atoms with Gasteiger partial charge >= 0.3 is 5.97 Å². The van der Waals surface area contributed by atoms with Crippen LogP contribution >= 0.6 is 11.3 Å². The van der Waals surface area contributed by atoms with Crippen molar-refractivity contribution in [2.24, 2.45) is 0 Å². The lowest BCUT2D eigenvalue weighted by atomic mass is 10.0. The van der Waals surface area contributed by atoms with Crippen LogP contribution in [0.5, 0.6) is 0 Å². The first-order valence-electron chi connectivity index (χ1n) is 9.77. The van der Waals surface area contributed by atoms with Gasteiger partial charge in [-0.05, 0) is 23.8 Å². The van der Waals surface area contributed by atoms with Crippen LogP contribution in [0, 0.1) is 0 Å². The lowest BCUT2D eigenvalue weighted by Gasteiger charge is -2.10. The Morgan fingerprint density at radius 3 is 2.78 bits per heavy atom. The van der Waals surface area contributed by atoms with Crippen molar-refractivity contribution in [3.05, 3.63) is 110 Å². The van der Waals surface area contributed by atoms with Gasteiger partial charge in [0, 0.05) is 24.1 Å². The summed E-state index contributed by atoms with van der Waals surface area (Å²) in [6.07, 6.45) is 1.90. The minimum atomic E-state index is -0.545. The molecule has 0 aliphatic carbocycles. The van der Waals surface area contributed by atoms with Crippen molar-refractivity contribution in [3.8, 4) is 0 Å². The first-order valence-corrected chi connectivity index (χ1v) is 10.7. The number of hydrogen-bond donors (Lipinski definition) is 1. The normalized spacial score (nSPS) is 11.1. The van der Waals surface area contributed by atoms with E-state index in [2.05, 4.69) is 15.0 Å². The largest absolute Gasteiger partial charge is 0.456 e. The third-order valence-electron chi connectivity index (χ3n) is 4.96. The number of nitrogens with zero attached hydrogens (tertiary/aromatic N) is 3. The van der Waals surface area contributed by atoms with Gasteiger partial charge in [-0.15, -0.1) is 11.3 Å². The summed E-state index contributed by atoms with van der Waals surface area (Å²) in [6.45, 7) is -0.123. The van der Waals surface area contributed by atoms with E-state index in [9.17, 15) is 14.4 Å². The topological polar surface area (TPSA) is 106 Å². The molecule has 3 heterocycles. The number of ether oxygens (including phenoxy) is 1. The van der Waals surface area contributed by atoms with Gasteiger partial charge in [-0.2, -0.15) is 0 Å². The maximum atomic E-state index is 12.8. The van der Waals surface area contributed by atoms with E-state index in [0.29, 0.717) is 38.5 Å². The fourth-order valence-electron chi connectivity index (χ4n) is 3.45. The zero-order chi connectivity index (χ0) is 22.1. The molecule has 32 heavy (non-hydrogen) atoms. The molecule has 0 spiro atoms. The standard InChI is InChI=1S/C23H16N4O4S/c28-20-12-15(24-23-27(20)9-10-32-23)13-31-22(30)16-6-2-1-5-14(16)11-19-25-18-8-4-3-7-17(18)21(29)26-19/h1-10,12H,11,13H2,(H,25,26,29). The van der Waals surface area contributed by atoms with Gasteiger partial charge in [0.2, 0.25) is 0 Å². The lowest BCUT2D eigenvalue weighted by Crippen LogP contribution is -2.16. The first kappa shape index (κ1) is 19.8. The number of para-hydroxylation sites is 1. The maximum absolute atomic E-state index is 12.8. The van der Waals surface area contributed by atoms with E-state index in [1.54, 1.807) is 54.0 Å². The molecule has 0 unspecified atom stereocenters. The number of fused-ring (bicyclic) bond motifs is 2. The number of thiazole rings is 1. The fraction of sp³-hybridized carbons (Fsp3) is 0.0870. The number of aromatic amines is 1. The van der Waals surface area contributed by atoms with Crippen LogP contribution in [0.25, 0.3) is 15.9 Å². The molecule has 0 atom stereocenters. The SMILES string of the molecule is O=C(OCc1cc(=O)n2ccsc2n1)c1ccccc1Cc1nc2ccccc2c(=O)[nH]1. The highest BCUT2D eigenvalue weighted by Gasteiger charge is 2.15. The van der Waals surface area contributed by atoms with Gasteiger partial charge in [0.15, 0.2) is 4.96 Å². The molecule has 158 valence electrons. The molecule has 0 radical (unpaired) electrons. The third-order valence-corrected chi connectivity index (χ3v) is 5.72. The minimum Gasteiger partial charge on any atom is -0.456 e. The van der Waals surface area contributed by atoms with Crippen LogP contribution in [0.3, 0.4) is 0 Å². The molecular formula is C23H16N4O4S. The molecule has 5 aromatic rings. The second-order valence-electron chi connectivity index (χ2n) is 7.08. The molecule has 0 bridgehead atoms. The van der Waals surface area contributed by atoms with E-state index >= 15 is 0 Å². The molecule has 0 saturated heterocycles. The summed E-state index contributed by atoms with van der Waals surface area (Å²) in [4.78, 5) is 49.4. The highest BCUT2D eigenvalue weighted by Crippen LogP contribution is 2.16. The number of esters is 1. The summed E-state index contributed by atoms with van der Waals surface area (Å²) in [5.41, 5.74) is 1.53. The lowest BCUT2D eigenvalue weighted by molar-refractivity contribution is 0.0466. The van der Waals surface area contributed by atoms with Crippen LogP contribution in [0.1, 0.15) is 27.4 Å². The number of nitrogens with one attached hydrogen (secondary N) is 1. The monoisotopic (exact) mass is 444 g/mol. The predicted molar refractivity (Wildman–Crippen MR) is 120 cm³/mol. The smallest absolute Gasteiger partial charge is 0.338 e. The number of hydrogen-bond acceptors (Lipinski definition) is 7. The Morgan fingerprint density at radius 1 is 1.06 bits per heavy atom. The van der Waals surface area contributed by atoms with Crippen LogP contribution in [0.15, 0.2) is 75.8 Å². The Kier molecular flexibility index (Phi) is 5.08. The van der Waals surface area contributed by atoms with Gasteiger partial charge in [-0.25, -0.2) is 14.8 Å². The average molecular weight is 444 g/mol. The molecule has 8 nitrogen and oxygen atoms in total. The van der Waals surface area contributed by atoms with Crippen molar-refractivity contribution in [1.82, 2.24) is 19.4 Å². The van der Waals surface area contributed by atoms with Crippen LogP contribution < -0.4 is 11.1 Å². The molecule has 0 amide bonds. The molecule has 0 aliphatic heterocycles. The molecule has 9 heteroatoms. The molecule has 3 aromatic heterocycles. The van der Waals surface area contributed by atoms with E-state index in [1.807, 2.05) is 6.07 Å². The molecule has 2 aromatic carbocycles. The highest BCUT2D eigenvalue weighted by atomic mass is 32.1. The zero-order valence-corrected chi connectivity index (χ0v) is 17.5. The van der Waals surface area contributed by atoms with E-state index in [1.165, 1.54) is 21.8 Å². The van der Waals surface area contributed by atoms with Crippen molar-refractivity contribution in [1.29, 1.82) is 0 Å². The Labute approximate surface area is 184 Å². The van der Waals surface area contributed by atoms with Gasteiger partial charge in [0.05, 0.1) is 22.2 Å². The molecule has 0 saturated carbocycles.